The number of ether oxygens (including phenoxy) is 1. The number of nitrogens with one attached hydrogen (secondary N) is 2. The molecule has 0 bridgehead atoms. The Hall–Kier alpha value is -2.17. The molecule has 3 rings (SSSR count). The van der Waals surface area contributed by atoms with Crippen LogP contribution in [0.3, 0.4) is 0 Å². The number of esters is 1. The summed E-state index contributed by atoms with van der Waals surface area (Å²) in [6, 6.07) is 9.29. The van der Waals surface area contributed by atoms with Gasteiger partial charge in [-0.2, -0.15) is 0 Å². The van der Waals surface area contributed by atoms with Gasteiger partial charge < -0.3 is 10.1 Å². The molecule has 2 N–H and O–H groups in total. The minimum atomic E-state index is -0.450. The predicted octanol–water partition coefficient (Wildman–Crippen LogP) is 4.20. The Labute approximate surface area is 172 Å². The number of carbonyl (C=O) groups excluding carboxylic acids is 2. The minimum absolute atomic E-state index is 0.118. The van der Waals surface area contributed by atoms with Crippen LogP contribution in [0.4, 0.5) is 5.00 Å². The molecule has 2 heterocycles. The molecule has 0 aliphatic rings. The van der Waals surface area contributed by atoms with Crippen molar-refractivity contribution >= 4 is 55.9 Å². The van der Waals surface area contributed by atoms with Gasteiger partial charge >= 0.3 is 5.97 Å². The largest absolute Gasteiger partial charge is 0.462 e. The summed E-state index contributed by atoms with van der Waals surface area (Å²) in [5.74, 6) is 0.0372. The van der Waals surface area contributed by atoms with Gasteiger partial charge in [-0.1, -0.05) is 45.9 Å². The van der Waals surface area contributed by atoms with E-state index in [4.69, 9.17) is 4.74 Å². The van der Waals surface area contributed by atoms with Crippen LogP contribution in [0.15, 0.2) is 45.3 Å². The highest BCUT2D eigenvalue weighted by Gasteiger charge is 2.17. The van der Waals surface area contributed by atoms with Gasteiger partial charge in [-0.3, -0.25) is 9.89 Å². The fourth-order valence-electron chi connectivity index (χ4n) is 2.15. The van der Waals surface area contributed by atoms with Crippen molar-refractivity contribution in [3.63, 3.8) is 0 Å². The van der Waals surface area contributed by atoms with E-state index in [0.29, 0.717) is 21.5 Å². The Morgan fingerprint density at radius 2 is 2.15 bits per heavy atom. The third-order valence-electron chi connectivity index (χ3n) is 3.34. The zero-order chi connectivity index (χ0) is 19.2. The fraction of sp³-hybridized carbons (Fsp3) is 0.176. The maximum atomic E-state index is 12.2. The van der Waals surface area contributed by atoms with Crippen LogP contribution in [-0.4, -0.2) is 39.4 Å². The van der Waals surface area contributed by atoms with Crippen molar-refractivity contribution in [2.45, 2.75) is 12.1 Å². The second kappa shape index (κ2) is 9.16. The molecule has 0 saturated heterocycles. The van der Waals surface area contributed by atoms with E-state index in [1.54, 1.807) is 18.4 Å². The van der Waals surface area contributed by atoms with Crippen LogP contribution in [-0.2, 0) is 9.53 Å². The van der Waals surface area contributed by atoms with E-state index in [9.17, 15) is 9.59 Å². The number of thiophene rings is 1. The number of aromatic amines is 1. The smallest absolute Gasteiger partial charge is 0.341 e. The van der Waals surface area contributed by atoms with E-state index in [-0.39, 0.29) is 18.3 Å². The molecule has 0 spiro atoms. The van der Waals surface area contributed by atoms with E-state index in [1.807, 2.05) is 24.3 Å². The number of H-pyrrole nitrogens is 1. The van der Waals surface area contributed by atoms with Crippen molar-refractivity contribution in [2.75, 3.05) is 17.7 Å². The van der Waals surface area contributed by atoms with Crippen molar-refractivity contribution in [3.05, 3.63) is 45.7 Å². The SMILES string of the molecule is CCOC(=O)c1ccsc1NC(=O)CSc1n[nH]c(-c2ccccc2Br)n1. The highest BCUT2D eigenvalue weighted by molar-refractivity contribution is 9.10. The van der Waals surface area contributed by atoms with E-state index in [1.165, 1.54) is 23.1 Å². The lowest BCUT2D eigenvalue weighted by molar-refractivity contribution is -0.113. The van der Waals surface area contributed by atoms with Gasteiger partial charge in [-0.15, -0.1) is 16.4 Å². The summed E-state index contributed by atoms with van der Waals surface area (Å²) in [7, 11) is 0. The molecule has 0 aliphatic heterocycles. The lowest BCUT2D eigenvalue weighted by Gasteiger charge is -2.05. The molecule has 7 nitrogen and oxygen atoms in total. The van der Waals surface area contributed by atoms with Crippen LogP contribution in [0.1, 0.15) is 17.3 Å². The van der Waals surface area contributed by atoms with Crippen LogP contribution in [0, 0.1) is 0 Å². The molecular weight excluding hydrogens is 452 g/mol. The van der Waals surface area contributed by atoms with Gasteiger partial charge in [-0.05, 0) is 24.4 Å². The Morgan fingerprint density at radius 1 is 1.33 bits per heavy atom. The highest BCUT2D eigenvalue weighted by Crippen LogP contribution is 2.27. The third-order valence-corrected chi connectivity index (χ3v) is 5.71. The summed E-state index contributed by atoms with van der Waals surface area (Å²) in [6.07, 6.45) is 0. The van der Waals surface area contributed by atoms with Gasteiger partial charge in [0, 0.05) is 10.0 Å². The summed E-state index contributed by atoms with van der Waals surface area (Å²) in [6.45, 7) is 2.01. The van der Waals surface area contributed by atoms with Crippen molar-refractivity contribution in [3.8, 4) is 11.4 Å². The molecule has 2 aromatic heterocycles. The molecule has 10 heteroatoms. The first-order valence-corrected chi connectivity index (χ1v) is 10.6. The van der Waals surface area contributed by atoms with Gasteiger partial charge in [0.15, 0.2) is 5.82 Å². The average Bonchev–Trinajstić information content (AvgIpc) is 3.30. The fourth-order valence-corrected chi connectivity index (χ4v) is 4.02. The third kappa shape index (κ3) is 4.96. The van der Waals surface area contributed by atoms with Crippen LogP contribution in [0.5, 0.6) is 0 Å². The zero-order valence-electron chi connectivity index (χ0n) is 14.2. The van der Waals surface area contributed by atoms with Crippen molar-refractivity contribution < 1.29 is 14.3 Å². The van der Waals surface area contributed by atoms with Crippen LogP contribution in [0.2, 0.25) is 0 Å². The molecule has 1 amide bonds. The van der Waals surface area contributed by atoms with Crippen molar-refractivity contribution in [1.82, 2.24) is 15.2 Å². The number of thioether (sulfide) groups is 1. The van der Waals surface area contributed by atoms with E-state index in [0.717, 1.165) is 10.0 Å². The summed E-state index contributed by atoms with van der Waals surface area (Å²) in [4.78, 5) is 28.4. The zero-order valence-corrected chi connectivity index (χ0v) is 17.4. The monoisotopic (exact) mass is 466 g/mol. The normalized spacial score (nSPS) is 10.6. The maximum absolute atomic E-state index is 12.2. The predicted molar refractivity (Wildman–Crippen MR) is 109 cm³/mol. The number of anilines is 1. The summed E-state index contributed by atoms with van der Waals surface area (Å²) in [5, 5.41) is 12.4. The second-order valence-corrected chi connectivity index (χ2v) is 7.88. The number of rotatable bonds is 7. The van der Waals surface area contributed by atoms with Gasteiger partial charge in [-0.25, -0.2) is 9.78 Å². The molecule has 0 aliphatic carbocycles. The van der Waals surface area contributed by atoms with E-state index < -0.39 is 5.97 Å². The molecular formula is C17H15BrN4O3S2. The Bertz CT molecular complexity index is 957. The topological polar surface area (TPSA) is 97.0 Å². The molecule has 1 aromatic carbocycles. The highest BCUT2D eigenvalue weighted by atomic mass is 79.9. The number of nitrogens with zero attached hydrogens (tertiary/aromatic N) is 2. The molecule has 0 radical (unpaired) electrons. The molecule has 27 heavy (non-hydrogen) atoms. The first kappa shape index (κ1) is 19.6. The molecule has 0 fully saturated rings. The first-order valence-electron chi connectivity index (χ1n) is 7.93. The molecule has 3 aromatic rings. The van der Waals surface area contributed by atoms with E-state index >= 15 is 0 Å². The van der Waals surface area contributed by atoms with Crippen LogP contribution >= 0.6 is 39.0 Å². The summed E-state index contributed by atoms with van der Waals surface area (Å²) < 4.78 is 5.88. The number of hydrogen-bond donors (Lipinski definition) is 2. The standard InChI is InChI=1S/C17H15BrN4O3S2/c1-2-25-16(24)11-7-8-26-15(11)19-13(23)9-27-17-20-14(21-22-17)10-5-3-4-6-12(10)18/h3-8H,2,9H2,1H3,(H,19,23)(H,20,21,22). The van der Waals surface area contributed by atoms with Crippen LogP contribution in [0.25, 0.3) is 11.4 Å². The molecule has 0 atom stereocenters. The molecule has 0 unspecified atom stereocenters. The number of carbonyl (C=O) groups is 2. The van der Waals surface area contributed by atoms with Gasteiger partial charge in [0.05, 0.1) is 17.9 Å². The summed E-state index contributed by atoms with van der Waals surface area (Å²) in [5.41, 5.74) is 1.24. The number of amides is 1. The van der Waals surface area contributed by atoms with Gasteiger partial charge in [0.2, 0.25) is 11.1 Å². The second-order valence-electron chi connectivity index (χ2n) is 5.17. The Kier molecular flexibility index (Phi) is 6.64. The first-order chi connectivity index (χ1) is 13.1. The van der Waals surface area contributed by atoms with Gasteiger partial charge in [0.1, 0.15) is 5.00 Å². The number of halogens is 1. The van der Waals surface area contributed by atoms with Crippen LogP contribution < -0.4 is 5.32 Å². The van der Waals surface area contributed by atoms with Gasteiger partial charge in [0.25, 0.3) is 0 Å². The lowest BCUT2D eigenvalue weighted by Crippen LogP contribution is -2.16. The van der Waals surface area contributed by atoms with E-state index in [2.05, 4.69) is 36.4 Å². The Morgan fingerprint density at radius 3 is 2.93 bits per heavy atom. The minimum Gasteiger partial charge on any atom is -0.462 e. The maximum Gasteiger partial charge on any atom is 0.341 e. The number of aromatic nitrogens is 3. The quantitative estimate of drug-likeness (QED) is 0.399. The molecule has 0 saturated carbocycles. The van der Waals surface area contributed by atoms with Crippen molar-refractivity contribution in [2.24, 2.45) is 0 Å². The molecule has 140 valence electrons. The van der Waals surface area contributed by atoms with Crippen molar-refractivity contribution in [1.29, 1.82) is 0 Å². The Balaban J connectivity index is 1.59. The average molecular weight is 467 g/mol. The number of benzene rings is 1. The summed E-state index contributed by atoms with van der Waals surface area (Å²) >= 11 is 5.95. The number of hydrogen-bond acceptors (Lipinski definition) is 7. The lowest BCUT2D eigenvalue weighted by atomic mass is 10.2.